The SMILES string of the molecule is CCc1ccc(-c2cc(NC(=O)[C@@H]3CC3(F)F)ccc2C)nc1. The maximum atomic E-state index is 13.0. The molecule has 1 aliphatic carbocycles. The zero-order valence-corrected chi connectivity index (χ0v) is 13.1. The molecule has 1 atom stereocenters. The van der Waals surface area contributed by atoms with E-state index in [2.05, 4.69) is 17.2 Å². The Bertz CT molecular complexity index is 741. The molecule has 0 saturated heterocycles. The van der Waals surface area contributed by atoms with Crippen molar-refractivity contribution in [1.29, 1.82) is 0 Å². The Balaban J connectivity index is 1.82. The Morgan fingerprint density at radius 2 is 2.09 bits per heavy atom. The average Bonchev–Trinajstić information content (AvgIpc) is 3.18. The van der Waals surface area contributed by atoms with E-state index in [0.29, 0.717) is 5.69 Å². The molecule has 0 bridgehead atoms. The number of carbonyl (C=O) groups is 1. The van der Waals surface area contributed by atoms with Crippen LogP contribution in [0.5, 0.6) is 0 Å². The highest BCUT2D eigenvalue weighted by Gasteiger charge is 2.61. The van der Waals surface area contributed by atoms with Crippen molar-refractivity contribution < 1.29 is 13.6 Å². The van der Waals surface area contributed by atoms with Gasteiger partial charge in [0.1, 0.15) is 5.92 Å². The summed E-state index contributed by atoms with van der Waals surface area (Å²) in [4.78, 5) is 16.2. The fourth-order valence-electron chi connectivity index (χ4n) is 2.50. The molecule has 23 heavy (non-hydrogen) atoms. The van der Waals surface area contributed by atoms with Crippen molar-refractivity contribution in [1.82, 2.24) is 4.98 Å². The van der Waals surface area contributed by atoms with Crippen molar-refractivity contribution >= 4 is 11.6 Å². The number of anilines is 1. The summed E-state index contributed by atoms with van der Waals surface area (Å²) in [7, 11) is 0. The summed E-state index contributed by atoms with van der Waals surface area (Å²) in [6.45, 7) is 4.01. The van der Waals surface area contributed by atoms with Gasteiger partial charge in [0, 0.05) is 23.9 Å². The molecule has 2 aromatic rings. The molecule has 1 aromatic heterocycles. The standard InChI is InChI=1S/C18H18F2N2O/c1-3-12-5-7-16(21-10-12)14-8-13(6-4-11(14)2)22-17(23)15-9-18(15,19)20/h4-8,10,15H,3,9H2,1-2H3,(H,22,23)/t15-/m0/s1. The first-order valence-corrected chi connectivity index (χ1v) is 7.65. The maximum absolute atomic E-state index is 13.0. The number of carbonyl (C=O) groups excluding carboxylic acids is 1. The number of halogens is 2. The fraction of sp³-hybridized carbons (Fsp3) is 0.333. The normalized spacial score (nSPS) is 18.5. The van der Waals surface area contributed by atoms with E-state index in [0.717, 1.165) is 28.8 Å². The Hall–Kier alpha value is -2.30. The van der Waals surface area contributed by atoms with Crippen molar-refractivity contribution in [2.24, 2.45) is 5.92 Å². The number of hydrogen-bond acceptors (Lipinski definition) is 2. The predicted octanol–water partition coefficient (Wildman–Crippen LogP) is 4.21. The summed E-state index contributed by atoms with van der Waals surface area (Å²) in [5.41, 5.74) is 4.35. The van der Waals surface area contributed by atoms with E-state index in [4.69, 9.17) is 0 Å². The van der Waals surface area contributed by atoms with Crippen LogP contribution in [-0.2, 0) is 11.2 Å². The lowest BCUT2D eigenvalue weighted by atomic mass is 10.0. The molecule has 120 valence electrons. The largest absolute Gasteiger partial charge is 0.326 e. The first-order valence-electron chi connectivity index (χ1n) is 7.65. The lowest BCUT2D eigenvalue weighted by molar-refractivity contribution is -0.119. The van der Waals surface area contributed by atoms with Gasteiger partial charge in [-0.2, -0.15) is 0 Å². The molecule has 0 aliphatic heterocycles. The van der Waals surface area contributed by atoms with Crippen molar-refractivity contribution in [3.63, 3.8) is 0 Å². The van der Waals surface area contributed by atoms with E-state index >= 15 is 0 Å². The first kappa shape index (κ1) is 15.6. The number of benzene rings is 1. The molecule has 0 radical (unpaired) electrons. The second kappa shape index (κ2) is 5.72. The van der Waals surface area contributed by atoms with E-state index in [1.165, 1.54) is 0 Å². The molecule has 1 saturated carbocycles. The molecule has 1 heterocycles. The molecule has 1 N–H and O–H groups in total. The average molecular weight is 316 g/mol. The quantitative estimate of drug-likeness (QED) is 0.918. The van der Waals surface area contributed by atoms with E-state index in [1.54, 1.807) is 12.1 Å². The van der Waals surface area contributed by atoms with Crippen LogP contribution in [0.3, 0.4) is 0 Å². The predicted molar refractivity (Wildman–Crippen MR) is 85.5 cm³/mol. The highest BCUT2D eigenvalue weighted by molar-refractivity contribution is 5.95. The van der Waals surface area contributed by atoms with Crippen LogP contribution in [0.4, 0.5) is 14.5 Å². The lowest BCUT2D eigenvalue weighted by Gasteiger charge is -2.10. The van der Waals surface area contributed by atoms with Gasteiger partial charge in [-0.25, -0.2) is 8.78 Å². The van der Waals surface area contributed by atoms with E-state index in [-0.39, 0.29) is 6.42 Å². The smallest absolute Gasteiger partial charge is 0.260 e. The van der Waals surface area contributed by atoms with Gasteiger partial charge in [-0.05, 0) is 42.7 Å². The molecule has 0 unspecified atom stereocenters. The number of alkyl halides is 2. The van der Waals surface area contributed by atoms with Gasteiger partial charge >= 0.3 is 0 Å². The van der Waals surface area contributed by atoms with E-state index in [9.17, 15) is 13.6 Å². The number of aromatic nitrogens is 1. The minimum Gasteiger partial charge on any atom is -0.326 e. The molecular weight excluding hydrogens is 298 g/mol. The van der Waals surface area contributed by atoms with Crippen LogP contribution in [0.2, 0.25) is 0 Å². The Morgan fingerprint density at radius 3 is 2.65 bits per heavy atom. The van der Waals surface area contributed by atoms with Crippen molar-refractivity contribution in [3.05, 3.63) is 47.7 Å². The molecule has 1 aliphatic rings. The Morgan fingerprint density at radius 1 is 1.35 bits per heavy atom. The highest BCUT2D eigenvalue weighted by Crippen LogP contribution is 2.49. The van der Waals surface area contributed by atoms with Crippen molar-refractivity contribution in [2.75, 3.05) is 5.32 Å². The van der Waals surface area contributed by atoms with Crippen LogP contribution in [-0.4, -0.2) is 16.8 Å². The van der Waals surface area contributed by atoms with Crippen LogP contribution in [0.15, 0.2) is 36.5 Å². The molecule has 1 aromatic carbocycles. The van der Waals surface area contributed by atoms with Crippen molar-refractivity contribution in [2.45, 2.75) is 32.6 Å². The number of pyridine rings is 1. The van der Waals surface area contributed by atoms with Crippen LogP contribution >= 0.6 is 0 Å². The maximum Gasteiger partial charge on any atom is 0.260 e. The minimum absolute atomic E-state index is 0.364. The molecule has 3 nitrogen and oxygen atoms in total. The highest BCUT2D eigenvalue weighted by atomic mass is 19.3. The number of amides is 1. The number of nitrogens with one attached hydrogen (secondary N) is 1. The molecule has 5 heteroatoms. The van der Waals surface area contributed by atoms with Crippen LogP contribution in [0.25, 0.3) is 11.3 Å². The summed E-state index contributed by atoms with van der Waals surface area (Å²) in [6.07, 6.45) is 2.38. The van der Waals surface area contributed by atoms with Gasteiger partial charge < -0.3 is 5.32 Å². The summed E-state index contributed by atoms with van der Waals surface area (Å²) in [5, 5.41) is 2.57. The van der Waals surface area contributed by atoms with Gasteiger partial charge in [0.2, 0.25) is 5.91 Å². The van der Waals surface area contributed by atoms with Gasteiger partial charge in [-0.1, -0.05) is 19.1 Å². The Kier molecular flexibility index (Phi) is 3.88. The summed E-state index contributed by atoms with van der Waals surface area (Å²) < 4.78 is 25.9. The summed E-state index contributed by atoms with van der Waals surface area (Å²) in [5.74, 6) is -4.68. The number of nitrogens with zero attached hydrogens (tertiary/aromatic N) is 1. The summed E-state index contributed by atoms with van der Waals surface area (Å²) >= 11 is 0. The monoisotopic (exact) mass is 316 g/mol. The third-order valence-corrected chi connectivity index (χ3v) is 4.16. The number of aryl methyl sites for hydroxylation is 2. The fourth-order valence-corrected chi connectivity index (χ4v) is 2.50. The second-order valence-corrected chi connectivity index (χ2v) is 5.94. The molecule has 1 amide bonds. The second-order valence-electron chi connectivity index (χ2n) is 5.94. The van der Waals surface area contributed by atoms with E-state index < -0.39 is 17.7 Å². The Labute approximate surface area is 133 Å². The van der Waals surface area contributed by atoms with Crippen LogP contribution < -0.4 is 5.32 Å². The minimum atomic E-state index is -2.85. The van der Waals surface area contributed by atoms with Crippen molar-refractivity contribution in [3.8, 4) is 11.3 Å². The van der Waals surface area contributed by atoms with Gasteiger partial charge in [-0.15, -0.1) is 0 Å². The third kappa shape index (κ3) is 3.23. The number of rotatable bonds is 4. The van der Waals surface area contributed by atoms with Crippen LogP contribution in [0.1, 0.15) is 24.5 Å². The molecule has 1 fully saturated rings. The van der Waals surface area contributed by atoms with Gasteiger partial charge in [0.25, 0.3) is 5.92 Å². The number of hydrogen-bond donors (Lipinski definition) is 1. The van der Waals surface area contributed by atoms with Crippen LogP contribution in [0, 0.1) is 12.8 Å². The molecule has 3 rings (SSSR count). The summed E-state index contributed by atoms with van der Waals surface area (Å²) in [6, 6.07) is 9.30. The van der Waals surface area contributed by atoms with Gasteiger partial charge in [0.05, 0.1) is 5.69 Å². The topological polar surface area (TPSA) is 42.0 Å². The molecular formula is C18H18F2N2O. The van der Waals surface area contributed by atoms with Gasteiger partial charge in [0.15, 0.2) is 0 Å². The van der Waals surface area contributed by atoms with E-state index in [1.807, 2.05) is 31.3 Å². The zero-order valence-electron chi connectivity index (χ0n) is 13.1. The zero-order chi connectivity index (χ0) is 16.6. The molecule has 0 spiro atoms. The van der Waals surface area contributed by atoms with Gasteiger partial charge in [-0.3, -0.25) is 9.78 Å². The third-order valence-electron chi connectivity index (χ3n) is 4.16. The lowest BCUT2D eigenvalue weighted by Crippen LogP contribution is -2.17. The first-order chi connectivity index (χ1) is 10.9.